The van der Waals surface area contributed by atoms with E-state index in [-0.39, 0.29) is 18.6 Å². The van der Waals surface area contributed by atoms with E-state index in [0.717, 1.165) is 39.4 Å². The van der Waals surface area contributed by atoms with Crippen LogP contribution in [0.5, 0.6) is 0 Å². The van der Waals surface area contributed by atoms with E-state index in [9.17, 15) is 14.4 Å². The molecule has 34 heavy (non-hydrogen) atoms. The standard InChI is InChI=1S/C26H28N4O4/c1-16-6-4-7-18(12-16)30-25(32)24-23(20-13-17(2)9-10-21(20)28(24)3)29(26(30)33)15-22(31)27-14-19-8-5-11-34-19/h4,6-7,9-10,12-13,19H,5,8,11,14-15H2,1-3H3,(H,27,31)/t19-/m1/s1. The smallest absolute Gasteiger partial charge is 0.336 e. The van der Waals surface area contributed by atoms with E-state index in [0.29, 0.717) is 29.9 Å². The van der Waals surface area contributed by atoms with Gasteiger partial charge in [-0.1, -0.05) is 23.8 Å². The lowest BCUT2D eigenvalue weighted by atomic mass is 10.1. The second-order valence-electron chi connectivity index (χ2n) is 9.06. The van der Waals surface area contributed by atoms with Gasteiger partial charge in [0, 0.05) is 25.6 Å². The zero-order valence-electron chi connectivity index (χ0n) is 19.6. The van der Waals surface area contributed by atoms with Crippen LogP contribution in [0.2, 0.25) is 0 Å². The third kappa shape index (κ3) is 3.74. The van der Waals surface area contributed by atoms with Crippen molar-refractivity contribution in [3.05, 3.63) is 74.4 Å². The van der Waals surface area contributed by atoms with Gasteiger partial charge < -0.3 is 14.6 Å². The molecule has 8 nitrogen and oxygen atoms in total. The van der Waals surface area contributed by atoms with Crippen LogP contribution in [0.25, 0.3) is 27.6 Å². The molecule has 0 spiro atoms. The molecule has 1 aliphatic heterocycles. The van der Waals surface area contributed by atoms with Gasteiger partial charge in [-0.15, -0.1) is 0 Å². The van der Waals surface area contributed by atoms with E-state index in [1.807, 2.05) is 51.2 Å². The molecular weight excluding hydrogens is 432 g/mol. The molecule has 4 aromatic rings. The van der Waals surface area contributed by atoms with E-state index in [1.165, 1.54) is 4.57 Å². The summed E-state index contributed by atoms with van der Waals surface area (Å²) in [7, 11) is 1.81. The van der Waals surface area contributed by atoms with Gasteiger partial charge in [-0.2, -0.15) is 0 Å². The molecule has 5 rings (SSSR count). The number of nitrogens with zero attached hydrogens (tertiary/aromatic N) is 3. The lowest BCUT2D eigenvalue weighted by Crippen LogP contribution is -2.43. The fourth-order valence-corrected chi connectivity index (χ4v) is 4.84. The second-order valence-corrected chi connectivity index (χ2v) is 9.06. The summed E-state index contributed by atoms with van der Waals surface area (Å²) in [6, 6.07) is 13.1. The van der Waals surface area contributed by atoms with Crippen LogP contribution in [-0.2, 0) is 23.1 Å². The van der Waals surface area contributed by atoms with Crippen LogP contribution >= 0.6 is 0 Å². The largest absolute Gasteiger partial charge is 0.376 e. The summed E-state index contributed by atoms with van der Waals surface area (Å²) in [5, 5.41) is 3.67. The number of aromatic nitrogens is 3. The van der Waals surface area contributed by atoms with Crippen LogP contribution in [0, 0.1) is 13.8 Å². The van der Waals surface area contributed by atoms with Crippen LogP contribution in [-0.4, -0.2) is 38.9 Å². The van der Waals surface area contributed by atoms with Crippen molar-refractivity contribution in [1.29, 1.82) is 0 Å². The lowest BCUT2D eigenvalue weighted by molar-refractivity contribution is -0.122. The van der Waals surface area contributed by atoms with Crippen LogP contribution in [0.15, 0.2) is 52.1 Å². The molecule has 0 radical (unpaired) electrons. The number of fused-ring (bicyclic) bond motifs is 3. The van der Waals surface area contributed by atoms with Crippen molar-refractivity contribution >= 4 is 27.8 Å². The number of benzene rings is 2. The summed E-state index contributed by atoms with van der Waals surface area (Å²) < 4.78 is 9.98. The molecular formula is C26H28N4O4. The van der Waals surface area contributed by atoms with Crippen molar-refractivity contribution in [3.63, 3.8) is 0 Å². The maximum atomic E-state index is 13.8. The van der Waals surface area contributed by atoms with Gasteiger partial charge in [0.25, 0.3) is 5.56 Å². The molecule has 3 heterocycles. The highest BCUT2D eigenvalue weighted by molar-refractivity contribution is 6.06. The quantitative estimate of drug-likeness (QED) is 0.496. The minimum Gasteiger partial charge on any atom is -0.376 e. The Morgan fingerprint density at radius 3 is 2.62 bits per heavy atom. The van der Waals surface area contributed by atoms with E-state index in [1.54, 1.807) is 16.7 Å². The van der Waals surface area contributed by atoms with Crippen molar-refractivity contribution in [3.8, 4) is 5.69 Å². The highest BCUT2D eigenvalue weighted by Crippen LogP contribution is 2.26. The minimum atomic E-state index is -0.538. The molecule has 1 aliphatic rings. The van der Waals surface area contributed by atoms with Crippen molar-refractivity contribution in [2.45, 2.75) is 39.3 Å². The monoisotopic (exact) mass is 460 g/mol. The SMILES string of the molecule is Cc1cccc(-n2c(=O)c3c(c4cc(C)ccc4n3C)n(CC(=O)NC[C@H]3CCCO3)c2=O)c1. The number of carbonyl (C=O) groups excluding carboxylic acids is 1. The lowest BCUT2D eigenvalue weighted by Gasteiger charge is -2.15. The summed E-state index contributed by atoms with van der Waals surface area (Å²) in [6.45, 7) is 4.79. The van der Waals surface area contributed by atoms with Gasteiger partial charge in [-0.3, -0.25) is 14.2 Å². The first kappa shape index (κ1) is 22.2. The van der Waals surface area contributed by atoms with Gasteiger partial charge in [-0.25, -0.2) is 9.36 Å². The number of aryl methyl sites for hydroxylation is 3. The average molecular weight is 461 g/mol. The third-order valence-corrected chi connectivity index (χ3v) is 6.54. The zero-order valence-corrected chi connectivity index (χ0v) is 19.6. The number of amides is 1. The molecule has 1 saturated heterocycles. The van der Waals surface area contributed by atoms with Crippen molar-refractivity contribution in [1.82, 2.24) is 19.0 Å². The van der Waals surface area contributed by atoms with Crippen LogP contribution in [0.4, 0.5) is 0 Å². The van der Waals surface area contributed by atoms with Gasteiger partial charge in [-0.05, 0) is 56.5 Å². The topological polar surface area (TPSA) is 87.3 Å². The summed E-state index contributed by atoms with van der Waals surface area (Å²) in [6.07, 6.45) is 1.89. The Kier molecular flexibility index (Phi) is 5.61. The fourth-order valence-electron chi connectivity index (χ4n) is 4.84. The molecule has 1 amide bonds. The number of hydrogen-bond donors (Lipinski definition) is 1. The van der Waals surface area contributed by atoms with Gasteiger partial charge in [0.05, 0.1) is 22.8 Å². The van der Waals surface area contributed by atoms with Gasteiger partial charge in [0.1, 0.15) is 12.1 Å². The Morgan fingerprint density at radius 1 is 1.09 bits per heavy atom. The molecule has 0 unspecified atom stereocenters. The predicted octanol–water partition coefficient (Wildman–Crippen LogP) is 2.56. The molecule has 2 aromatic carbocycles. The van der Waals surface area contributed by atoms with E-state index < -0.39 is 11.2 Å². The third-order valence-electron chi connectivity index (χ3n) is 6.54. The molecule has 1 fully saturated rings. The highest BCUT2D eigenvalue weighted by atomic mass is 16.5. The predicted molar refractivity (Wildman–Crippen MR) is 132 cm³/mol. The van der Waals surface area contributed by atoms with Crippen LogP contribution in [0.1, 0.15) is 24.0 Å². The van der Waals surface area contributed by atoms with Crippen LogP contribution < -0.4 is 16.6 Å². The molecule has 0 bridgehead atoms. The minimum absolute atomic E-state index is 0.00198. The number of hydrogen-bond acceptors (Lipinski definition) is 4. The normalized spacial score (nSPS) is 15.9. The van der Waals surface area contributed by atoms with Crippen molar-refractivity contribution in [2.24, 2.45) is 7.05 Å². The molecule has 176 valence electrons. The van der Waals surface area contributed by atoms with Gasteiger partial charge >= 0.3 is 5.69 Å². The average Bonchev–Trinajstić information content (AvgIpc) is 3.42. The first-order valence-electron chi connectivity index (χ1n) is 11.5. The molecule has 0 saturated carbocycles. The molecule has 8 heteroatoms. The van der Waals surface area contributed by atoms with Gasteiger partial charge in [0.2, 0.25) is 5.91 Å². The highest BCUT2D eigenvalue weighted by Gasteiger charge is 2.23. The number of rotatable bonds is 5. The summed E-state index contributed by atoms with van der Waals surface area (Å²) in [5.41, 5.74) is 3.16. The summed E-state index contributed by atoms with van der Waals surface area (Å²) in [5.74, 6) is -0.294. The van der Waals surface area contributed by atoms with E-state index >= 15 is 0 Å². The fraction of sp³-hybridized carbons (Fsp3) is 0.346. The van der Waals surface area contributed by atoms with Crippen molar-refractivity contribution < 1.29 is 9.53 Å². The first-order chi connectivity index (χ1) is 16.3. The molecule has 1 atom stereocenters. The Labute approximate surface area is 196 Å². The Balaban J connectivity index is 1.73. The number of nitrogens with one attached hydrogen (secondary N) is 1. The first-order valence-corrected chi connectivity index (χ1v) is 11.5. The Hall–Kier alpha value is -3.65. The zero-order chi connectivity index (χ0) is 24.0. The molecule has 1 N–H and O–H groups in total. The molecule has 0 aliphatic carbocycles. The number of ether oxygens (including phenoxy) is 1. The second kappa shape index (κ2) is 8.61. The van der Waals surface area contributed by atoms with E-state index in [4.69, 9.17) is 4.74 Å². The van der Waals surface area contributed by atoms with E-state index in [2.05, 4.69) is 5.32 Å². The Bertz CT molecular complexity index is 1540. The van der Waals surface area contributed by atoms with Gasteiger partial charge in [0.15, 0.2) is 0 Å². The maximum absolute atomic E-state index is 13.8. The Morgan fingerprint density at radius 2 is 1.88 bits per heavy atom. The summed E-state index contributed by atoms with van der Waals surface area (Å²) in [4.78, 5) is 40.4. The maximum Gasteiger partial charge on any atom is 0.336 e. The van der Waals surface area contributed by atoms with Crippen LogP contribution in [0.3, 0.4) is 0 Å². The molecule has 2 aromatic heterocycles. The van der Waals surface area contributed by atoms with Crippen molar-refractivity contribution in [2.75, 3.05) is 13.2 Å². The summed E-state index contributed by atoms with van der Waals surface area (Å²) >= 11 is 0. The number of carbonyl (C=O) groups is 1.